The van der Waals surface area contributed by atoms with Crippen LogP contribution in [0.1, 0.15) is 51.4 Å². The molecule has 2 saturated carbocycles. The summed E-state index contributed by atoms with van der Waals surface area (Å²) >= 11 is 0. The first-order valence-corrected chi connectivity index (χ1v) is 11.4. The molecule has 18 heavy (non-hydrogen) atoms. The van der Waals surface area contributed by atoms with Gasteiger partial charge in [-0.25, -0.2) is 0 Å². The Morgan fingerprint density at radius 1 is 0.722 bits per heavy atom. The van der Waals surface area contributed by atoms with E-state index in [1.807, 2.05) is 0 Å². The highest BCUT2D eigenvalue weighted by atomic mass is 28.2. The molecule has 2 aliphatic carbocycles. The minimum absolute atomic E-state index is 0.0832. The van der Waals surface area contributed by atoms with Crippen molar-refractivity contribution < 1.29 is 0 Å². The minimum atomic E-state index is 0.0832. The minimum Gasteiger partial charge on any atom is -0.329 e. The van der Waals surface area contributed by atoms with E-state index in [4.69, 9.17) is 0 Å². The third kappa shape index (κ3) is 4.47. The van der Waals surface area contributed by atoms with Crippen molar-refractivity contribution in [2.75, 3.05) is 14.1 Å². The second-order valence-electron chi connectivity index (χ2n) is 6.54. The van der Waals surface area contributed by atoms with Crippen LogP contribution >= 0.6 is 0 Å². The summed E-state index contributed by atoms with van der Waals surface area (Å²) in [4.78, 5) is 0. The molecule has 2 aliphatic rings. The molecule has 0 amide bonds. The van der Waals surface area contributed by atoms with Crippen LogP contribution in [0.3, 0.4) is 0 Å². The average molecular weight is 285 g/mol. The fourth-order valence-electron chi connectivity index (χ4n) is 3.78. The van der Waals surface area contributed by atoms with E-state index >= 15 is 0 Å². The lowest BCUT2D eigenvalue weighted by Gasteiger charge is -2.26. The van der Waals surface area contributed by atoms with E-state index in [2.05, 4.69) is 23.2 Å². The van der Waals surface area contributed by atoms with Crippen LogP contribution in [0, 0.1) is 0 Å². The quantitative estimate of drug-likeness (QED) is 0.519. The molecule has 0 radical (unpaired) electrons. The molecule has 0 N–H and O–H groups in total. The van der Waals surface area contributed by atoms with Gasteiger partial charge in [0, 0.05) is 12.1 Å². The molecular weight excluding hydrogens is 252 g/mol. The van der Waals surface area contributed by atoms with Crippen LogP contribution in [0.5, 0.6) is 0 Å². The van der Waals surface area contributed by atoms with Crippen molar-refractivity contribution >= 4 is 19.4 Å². The molecule has 2 nitrogen and oxygen atoms in total. The van der Waals surface area contributed by atoms with E-state index in [0.717, 1.165) is 12.1 Å². The Balaban J connectivity index is 1.52. The van der Waals surface area contributed by atoms with E-state index in [1.165, 1.54) is 51.4 Å². The summed E-state index contributed by atoms with van der Waals surface area (Å²) < 4.78 is 5.55. The molecule has 4 heteroatoms. The van der Waals surface area contributed by atoms with E-state index in [0.29, 0.717) is 0 Å². The third-order valence-electron chi connectivity index (χ3n) is 5.17. The molecule has 2 rings (SSSR count). The lowest BCUT2D eigenvalue weighted by molar-refractivity contribution is 0.388. The van der Waals surface area contributed by atoms with Gasteiger partial charge in [0.25, 0.3) is 0 Å². The highest BCUT2D eigenvalue weighted by Crippen LogP contribution is 2.23. The first-order valence-electron chi connectivity index (χ1n) is 8.18. The Hall–Kier alpha value is 0.354. The Morgan fingerprint density at radius 3 is 1.39 bits per heavy atom. The Labute approximate surface area is 118 Å². The lowest BCUT2D eigenvalue weighted by Crippen LogP contribution is -2.35. The van der Waals surface area contributed by atoms with Crippen LogP contribution in [0.15, 0.2) is 0 Å². The summed E-state index contributed by atoms with van der Waals surface area (Å²) in [6.07, 6.45) is 11.9. The zero-order valence-electron chi connectivity index (χ0n) is 12.5. The van der Waals surface area contributed by atoms with Crippen LogP contribution in [0.4, 0.5) is 0 Å². The molecule has 106 valence electrons. The second kappa shape index (κ2) is 7.83. The van der Waals surface area contributed by atoms with Crippen LogP contribution in [0.25, 0.3) is 0 Å². The average Bonchev–Trinajstić information content (AvgIpc) is 3.05. The smallest absolute Gasteiger partial charge is 0.0947 e. The van der Waals surface area contributed by atoms with Gasteiger partial charge >= 0.3 is 0 Å². The van der Waals surface area contributed by atoms with Crippen molar-refractivity contribution in [2.24, 2.45) is 0 Å². The number of hydrogen-bond acceptors (Lipinski definition) is 2. The monoisotopic (exact) mass is 284 g/mol. The molecule has 0 heterocycles. The first-order chi connectivity index (χ1) is 8.77. The molecule has 0 aromatic heterocycles. The topological polar surface area (TPSA) is 6.48 Å². The number of nitrogens with zero attached hydrogens (tertiary/aromatic N) is 2. The third-order valence-corrected chi connectivity index (χ3v) is 10.2. The molecule has 2 fully saturated rings. The zero-order valence-corrected chi connectivity index (χ0v) is 15.4. The summed E-state index contributed by atoms with van der Waals surface area (Å²) in [5, 5.41) is 0. The standard InChI is InChI=1S/C14H32N2Si2/c1-15(13-7-3-4-8-13)17-11-12-18-16(2)14-9-5-6-10-14/h13-14H,3-12,17-18H2,1-2H3. The normalized spacial score (nSPS) is 24.0. The lowest BCUT2D eigenvalue weighted by atomic mass is 10.3. The summed E-state index contributed by atoms with van der Waals surface area (Å²) in [6.45, 7) is 0. The van der Waals surface area contributed by atoms with Gasteiger partial charge in [0.2, 0.25) is 0 Å². The van der Waals surface area contributed by atoms with Crippen LogP contribution in [-0.2, 0) is 0 Å². The summed E-state index contributed by atoms with van der Waals surface area (Å²) in [6, 6.07) is 5.11. The summed E-state index contributed by atoms with van der Waals surface area (Å²) in [5.41, 5.74) is 0. The van der Waals surface area contributed by atoms with Crippen molar-refractivity contribution in [1.82, 2.24) is 9.13 Å². The van der Waals surface area contributed by atoms with Crippen LogP contribution in [0.2, 0.25) is 12.1 Å². The van der Waals surface area contributed by atoms with E-state index in [1.54, 1.807) is 12.1 Å². The molecule has 0 atom stereocenters. The van der Waals surface area contributed by atoms with E-state index in [9.17, 15) is 0 Å². The van der Waals surface area contributed by atoms with Gasteiger partial charge in [-0.05, 0) is 39.8 Å². The maximum absolute atomic E-state index is 2.77. The van der Waals surface area contributed by atoms with Gasteiger partial charge in [-0.15, -0.1) is 0 Å². The van der Waals surface area contributed by atoms with Crippen LogP contribution < -0.4 is 0 Å². The molecule has 0 bridgehead atoms. The Kier molecular flexibility index (Phi) is 6.42. The highest BCUT2D eigenvalue weighted by molar-refractivity contribution is 6.38. The van der Waals surface area contributed by atoms with Gasteiger partial charge in [0.1, 0.15) is 0 Å². The number of hydrogen-bond donors (Lipinski definition) is 0. The number of rotatable bonds is 7. The van der Waals surface area contributed by atoms with Crippen molar-refractivity contribution in [3.8, 4) is 0 Å². The van der Waals surface area contributed by atoms with Gasteiger partial charge < -0.3 is 9.13 Å². The van der Waals surface area contributed by atoms with E-state index < -0.39 is 0 Å². The van der Waals surface area contributed by atoms with Crippen LogP contribution in [-0.4, -0.2) is 54.7 Å². The maximum atomic E-state index is 2.77. The maximum Gasteiger partial charge on any atom is 0.0947 e. The van der Waals surface area contributed by atoms with E-state index in [-0.39, 0.29) is 19.4 Å². The Morgan fingerprint density at radius 2 is 1.06 bits per heavy atom. The van der Waals surface area contributed by atoms with Gasteiger partial charge in [-0.1, -0.05) is 37.8 Å². The van der Waals surface area contributed by atoms with Crippen molar-refractivity contribution in [1.29, 1.82) is 0 Å². The van der Waals surface area contributed by atoms with Gasteiger partial charge in [0.05, 0.1) is 19.4 Å². The molecule has 0 unspecified atom stereocenters. The van der Waals surface area contributed by atoms with Gasteiger partial charge in [-0.3, -0.25) is 0 Å². The van der Waals surface area contributed by atoms with Crippen molar-refractivity contribution in [3.05, 3.63) is 0 Å². The Bertz CT molecular complexity index is 202. The summed E-state index contributed by atoms with van der Waals surface area (Å²) in [5.74, 6) is 0. The molecule has 0 saturated heterocycles. The largest absolute Gasteiger partial charge is 0.329 e. The molecule has 0 spiro atoms. The molecular formula is C14H32N2Si2. The highest BCUT2D eigenvalue weighted by Gasteiger charge is 2.20. The first kappa shape index (κ1) is 14.8. The van der Waals surface area contributed by atoms with Gasteiger partial charge in [-0.2, -0.15) is 0 Å². The predicted molar refractivity (Wildman–Crippen MR) is 86.7 cm³/mol. The summed E-state index contributed by atoms with van der Waals surface area (Å²) in [7, 11) is 4.98. The molecule has 0 aromatic carbocycles. The van der Waals surface area contributed by atoms with Gasteiger partial charge in [0.15, 0.2) is 0 Å². The molecule has 0 aliphatic heterocycles. The zero-order chi connectivity index (χ0) is 12.8. The fraction of sp³-hybridized carbons (Fsp3) is 1.00. The predicted octanol–water partition coefficient (Wildman–Crippen LogP) is 1.74. The SMILES string of the molecule is CN([SiH2]CC[SiH2]N(C)C1CCCC1)C1CCCC1. The second-order valence-corrected chi connectivity index (χ2v) is 10.8. The van der Waals surface area contributed by atoms with Crippen molar-refractivity contribution in [3.63, 3.8) is 0 Å². The molecule has 0 aromatic rings. The fourth-order valence-corrected chi connectivity index (χ4v) is 8.02. The van der Waals surface area contributed by atoms with Crippen molar-refractivity contribution in [2.45, 2.75) is 75.5 Å².